The van der Waals surface area contributed by atoms with Crippen molar-refractivity contribution in [2.75, 3.05) is 0 Å². The van der Waals surface area contributed by atoms with Crippen LogP contribution in [-0.2, 0) is 20.0 Å². The van der Waals surface area contributed by atoms with Crippen molar-refractivity contribution in [3.8, 4) is 0 Å². The first-order chi connectivity index (χ1) is 9.79. The number of hydrogen-bond acceptors (Lipinski definition) is 0. The molecule has 2 nitrogen and oxygen atoms in total. The van der Waals surface area contributed by atoms with Crippen LogP contribution in [0.15, 0.2) is 12.4 Å². The molecule has 0 aromatic carbocycles. The lowest BCUT2D eigenvalue weighted by Gasteiger charge is -2.03. The van der Waals surface area contributed by atoms with Gasteiger partial charge in [0.2, 0.25) is 0 Å². The third-order valence-electron chi connectivity index (χ3n) is 4.22. The molecule has 0 saturated heterocycles. The van der Waals surface area contributed by atoms with Gasteiger partial charge in [0.1, 0.15) is 12.4 Å². The Bertz CT molecular complexity index is 341. The summed E-state index contributed by atoms with van der Waals surface area (Å²) in [7, 11) is 2.18. The molecule has 0 spiro atoms. The fourth-order valence-electron chi connectivity index (χ4n) is 2.85. The lowest BCUT2D eigenvalue weighted by Crippen LogP contribution is -2.37. The lowest BCUT2D eigenvalue weighted by molar-refractivity contribution is -0.704. The van der Waals surface area contributed by atoms with E-state index in [1.165, 1.54) is 83.0 Å². The van der Waals surface area contributed by atoms with E-state index in [-0.39, 0.29) is 0 Å². The van der Waals surface area contributed by atoms with Crippen LogP contribution in [-0.4, -0.2) is 4.57 Å². The van der Waals surface area contributed by atoms with Crippen LogP contribution in [0.25, 0.3) is 0 Å². The number of aryl methyl sites for hydroxylation is 2. The predicted molar refractivity (Wildman–Crippen MR) is 86.8 cm³/mol. The van der Waals surface area contributed by atoms with Gasteiger partial charge >= 0.3 is 0 Å². The summed E-state index contributed by atoms with van der Waals surface area (Å²) in [6.45, 7) is 5.76. The standard InChI is InChI=1S/C18H35N2/c1-4-6-8-9-10-11-13-15-20-17-16-19(3)18(20)14-12-7-5-2/h16-17H,4-15H2,1-3H3/q+1. The molecule has 1 aromatic heterocycles. The smallest absolute Gasteiger partial charge is 0.237 e. The van der Waals surface area contributed by atoms with Crippen LogP contribution in [0.3, 0.4) is 0 Å². The van der Waals surface area contributed by atoms with Crippen LogP contribution in [0.2, 0.25) is 0 Å². The largest absolute Gasteiger partial charge is 0.256 e. The molecule has 0 aliphatic heterocycles. The van der Waals surface area contributed by atoms with Gasteiger partial charge in [-0.3, -0.25) is 0 Å². The number of nitrogens with zero attached hydrogens (tertiary/aromatic N) is 2. The minimum Gasteiger partial charge on any atom is -0.237 e. The van der Waals surface area contributed by atoms with Crippen LogP contribution in [0.4, 0.5) is 0 Å². The maximum Gasteiger partial charge on any atom is 0.256 e. The summed E-state index contributed by atoms with van der Waals surface area (Å²) >= 11 is 0. The Morgan fingerprint density at radius 3 is 2.15 bits per heavy atom. The quantitative estimate of drug-likeness (QED) is 0.384. The van der Waals surface area contributed by atoms with E-state index in [1.54, 1.807) is 0 Å². The molecule has 116 valence electrons. The van der Waals surface area contributed by atoms with Gasteiger partial charge in [-0.05, 0) is 19.3 Å². The van der Waals surface area contributed by atoms with E-state index < -0.39 is 0 Å². The SMILES string of the molecule is CCCCCCCCC[n+]1ccn(C)c1CCCCC. The van der Waals surface area contributed by atoms with Gasteiger partial charge in [-0.25, -0.2) is 9.13 Å². The van der Waals surface area contributed by atoms with Crippen molar-refractivity contribution in [2.24, 2.45) is 7.05 Å². The Morgan fingerprint density at radius 1 is 0.850 bits per heavy atom. The normalized spacial score (nSPS) is 11.2. The summed E-state index contributed by atoms with van der Waals surface area (Å²) in [6.07, 6.45) is 19.4. The summed E-state index contributed by atoms with van der Waals surface area (Å²) in [4.78, 5) is 0. The molecule has 2 heteroatoms. The number of imidazole rings is 1. The molecule has 0 N–H and O–H groups in total. The minimum absolute atomic E-state index is 1.20. The van der Waals surface area contributed by atoms with Crippen LogP contribution >= 0.6 is 0 Å². The fraction of sp³-hybridized carbons (Fsp3) is 0.833. The maximum absolute atomic E-state index is 2.47. The zero-order valence-corrected chi connectivity index (χ0v) is 14.0. The van der Waals surface area contributed by atoms with Crippen LogP contribution < -0.4 is 4.57 Å². The molecule has 0 aliphatic rings. The Labute approximate surface area is 126 Å². The summed E-state index contributed by atoms with van der Waals surface area (Å²) in [5, 5.41) is 0. The fourth-order valence-corrected chi connectivity index (χ4v) is 2.85. The van der Waals surface area contributed by atoms with Gasteiger partial charge < -0.3 is 0 Å². The molecule has 1 heterocycles. The molecule has 0 atom stereocenters. The van der Waals surface area contributed by atoms with Crippen molar-refractivity contribution in [2.45, 2.75) is 91.0 Å². The molecule has 20 heavy (non-hydrogen) atoms. The Morgan fingerprint density at radius 2 is 1.45 bits per heavy atom. The highest BCUT2D eigenvalue weighted by molar-refractivity contribution is 4.82. The lowest BCUT2D eigenvalue weighted by atomic mass is 10.1. The molecule has 0 bridgehead atoms. The molecular weight excluding hydrogens is 244 g/mol. The Kier molecular flexibility index (Phi) is 9.44. The zero-order valence-electron chi connectivity index (χ0n) is 14.0. The van der Waals surface area contributed by atoms with E-state index in [9.17, 15) is 0 Å². The molecule has 0 amide bonds. The van der Waals surface area contributed by atoms with E-state index >= 15 is 0 Å². The highest BCUT2D eigenvalue weighted by Crippen LogP contribution is 2.08. The van der Waals surface area contributed by atoms with Crippen LogP contribution in [0, 0.1) is 0 Å². The molecule has 1 rings (SSSR count). The van der Waals surface area contributed by atoms with Gasteiger partial charge in [0.05, 0.1) is 13.6 Å². The minimum atomic E-state index is 1.20. The highest BCUT2D eigenvalue weighted by atomic mass is 15.1. The Hall–Kier alpha value is -0.790. The van der Waals surface area contributed by atoms with Gasteiger partial charge in [0.25, 0.3) is 5.82 Å². The van der Waals surface area contributed by atoms with Crippen molar-refractivity contribution >= 4 is 0 Å². The second-order valence-corrected chi connectivity index (χ2v) is 6.10. The highest BCUT2D eigenvalue weighted by Gasteiger charge is 2.13. The van der Waals surface area contributed by atoms with E-state index in [4.69, 9.17) is 0 Å². The average Bonchev–Trinajstić information content (AvgIpc) is 2.79. The molecular formula is C18H35N2+. The second-order valence-electron chi connectivity index (χ2n) is 6.10. The first-order valence-electron chi connectivity index (χ1n) is 8.83. The zero-order chi connectivity index (χ0) is 14.6. The van der Waals surface area contributed by atoms with E-state index in [0.717, 1.165) is 0 Å². The van der Waals surface area contributed by atoms with E-state index in [1.807, 2.05) is 0 Å². The van der Waals surface area contributed by atoms with Gasteiger partial charge in [-0.1, -0.05) is 58.8 Å². The third kappa shape index (κ3) is 6.58. The van der Waals surface area contributed by atoms with E-state index in [0.29, 0.717) is 0 Å². The molecule has 1 aromatic rings. The number of hydrogen-bond donors (Lipinski definition) is 0. The third-order valence-corrected chi connectivity index (χ3v) is 4.22. The number of unbranched alkanes of at least 4 members (excludes halogenated alkanes) is 8. The monoisotopic (exact) mass is 279 g/mol. The van der Waals surface area contributed by atoms with Gasteiger partial charge in [-0.15, -0.1) is 0 Å². The van der Waals surface area contributed by atoms with Gasteiger partial charge in [0, 0.05) is 6.42 Å². The molecule has 0 aliphatic carbocycles. The number of rotatable bonds is 12. The molecule has 0 fully saturated rings. The van der Waals surface area contributed by atoms with Crippen molar-refractivity contribution in [3.63, 3.8) is 0 Å². The first-order valence-corrected chi connectivity index (χ1v) is 8.83. The summed E-state index contributed by atoms with van der Waals surface area (Å²) in [5.74, 6) is 1.50. The maximum atomic E-state index is 2.47. The van der Waals surface area contributed by atoms with Crippen LogP contribution in [0.5, 0.6) is 0 Å². The first kappa shape index (κ1) is 17.3. The summed E-state index contributed by atoms with van der Waals surface area (Å²) in [6, 6.07) is 0. The van der Waals surface area contributed by atoms with Crippen molar-refractivity contribution in [1.82, 2.24) is 4.57 Å². The summed E-state index contributed by atoms with van der Waals surface area (Å²) < 4.78 is 4.78. The van der Waals surface area contributed by atoms with Crippen molar-refractivity contribution in [3.05, 3.63) is 18.2 Å². The summed E-state index contributed by atoms with van der Waals surface area (Å²) in [5.41, 5.74) is 0. The predicted octanol–water partition coefficient (Wildman–Crippen LogP) is 4.80. The molecule has 0 radical (unpaired) electrons. The molecule has 0 saturated carbocycles. The van der Waals surface area contributed by atoms with Crippen molar-refractivity contribution < 1.29 is 4.57 Å². The molecule has 0 unspecified atom stereocenters. The number of aromatic nitrogens is 2. The van der Waals surface area contributed by atoms with Crippen molar-refractivity contribution in [1.29, 1.82) is 0 Å². The second kappa shape index (κ2) is 10.9. The van der Waals surface area contributed by atoms with Gasteiger partial charge in [-0.2, -0.15) is 0 Å². The average molecular weight is 279 g/mol. The van der Waals surface area contributed by atoms with E-state index in [2.05, 4.69) is 42.4 Å². The topological polar surface area (TPSA) is 8.81 Å². The van der Waals surface area contributed by atoms with Crippen LogP contribution in [0.1, 0.15) is 83.9 Å². The Balaban J connectivity index is 2.22. The van der Waals surface area contributed by atoms with Gasteiger partial charge in [0.15, 0.2) is 0 Å².